The Balaban J connectivity index is 0.00000180. The molecular weight excluding hydrogens is 558 g/mol. The van der Waals surface area contributed by atoms with Crippen LogP contribution < -0.4 is 24.8 Å². The van der Waals surface area contributed by atoms with Gasteiger partial charge in [0.25, 0.3) is 0 Å². The molecule has 2 aromatic rings. The van der Waals surface area contributed by atoms with Gasteiger partial charge in [-0.3, -0.25) is 0 Å². The Bertz CT molecular complexity index is 1220. The summed E-state index contributed by atoms with van der Waals surface area (Å²) in [7, 11) is 0. The molecule has 1 fully saturated rings. The third-order valence-corrected chi connectivity index (χ3v) is 12.6. The largest absolute Gasteiger partial charge is 1.00 e. The first-order chi connectivity index (χ1) is 16.1. The van der Waals surface area contributed by atoms with Crippen LogP contribution in [0, 0.1) is 0 Å². The molecule has 0 heterocycles. The van der Waals surface area contributed by atoms with Gasteiger partial charge < -0.3 is 24.8 Å². The van der Waals surface area contributed by atoms with Crippen LogP contribution in [0.1, 0.15) is 118 Å². The van der Waals surface area contributed by atoms with E-state index in [2.05, 4.69) is 91.0 Å². The standard InChI is InChI=1S/C27H31.C6H10.2ClH.Zr/c1-17-9-8-10-20(17)25-23-16-18-15-19(26(2,3)4)11-12-21(18)22(23)13-14-24(25)27(5,6)7;1-2-4-6-5-3-1;;;/h8-9,11-16H,10H2,1-7H3;1-5H2;2*1H;/q;;;;+2/p-2. The third kappa shape index (κ3) is 5.51. The molecule has 0 bridgehead atoms. The smallest absolute Gasteiger partial charge is 1.00 e. The van der Waals surface area contributed by atoms with Gasteiger partial charge in [-0.05, 0) is 0 Å². The van der Waals surface area contributed by atoms with Gasteiger partial charge in [0.1, 0.15) is 0 Å². The molecule has 0 amide bonds. The Kier molecular flexibility index (Phi) is 9.24. The first-order valence-electron chi connectivity index (χ1n) is 13.4. The minimum atomic E-state index is -0.749. The second kappa shape index (κ2) is 11.2. The molecule has 0 N–H and O–H groups in total. The van der Waals surface area contributed by atoms with E-state index in [1.54, 1.807) is 27.8 Å². The quantitative estimate of drug-likeness (QED) is 0.497. The summed E-state index contributed by atoms with van der Waals surface area (Å²) in [6.07, 6.45) is 12.9. The Hall–Kier alpha value is -0.747. The summed E-state index contributed by atoms with van der Waals surface area (Å²) in [5.74, 6) is 0. The summed E-state index contributed by atoms with van der Waals surface area (Å²) in [6.45, 7) is 16.6. The molecule has 1 saturated carbocycles. The predicted molar refractivity (Wildman–Crippen MR) is 146 cm³/mol. The summed E-state index contributed by atoms with van der Waals surface area (Å²) in [4.78, 5) is 0. The van der Waals surface area contributed by atoms with E-state index in [4.69, 9.17) is 0 Å². The molecule has 3 aliphatic rings. The van der Waals surface area contributed by atoms with Crippen LogP contribution in [-0.2, 0) is 33.6 Å². The summed E-state index contributed by atoms with van der Waals surface area (Å²) in [5, 5.41) is 0. The maximum Gasteiger partial charge on any atom is -1.00 e. The molecular formula is C33H41Cl2Zr. The summed E-state index contributed by atoms with van der Waals surface area (Å²) < 4.78 is 2.63. The Morgan fingerprint density at radius 1 is 0.806 bits per heavy atom. The third-order valence-electron chi connectivity index (χ3n) is 8.13. The zero-order valence-electron chi connectivity index (χ0n) is 23.1. The van der Waals surface area contributed by atoms with E-state index in [-0.39, 0.29) is 35.6 Å². The molecule has 2 aromatic carbocycles. The molecule has 0 saturated heterocycles. The van der Waals surface area contributed by atoms with Crippen molar-refractivity contribution in [2.24, 2.45) is 0 Å². The number of allylic oxidation sites excluding steroid dienone is 4. The average Bonchev–Trinajstić information content (AvgIpc) is 3.34. The van der Waals surface area contributed by atoms with E-state index in [0.717, 1.165) is 6.42 Å². The van der Waals surface area contributed by atoms with Crippen LogP contribution in [0.4, 0.5) is 0 Å². The fourth-order valence-corrected chi connectivity index (χ4v) is 10.8. The minimum Gasteiger partial charge on any atom is -1.00 e. The number of hydrogen-bond acceptors (Lipinski definition) is 0. The number of rotatable bonds is 2. The molecule has 191 valence electrons. The fourth-order valence-electron chi connectivity index (χ4n) is 6.16. The van der Waals surface area contributed by atoms with Gasteiger partial charge in [0.05, 0.1) is 0 Å². The summed E-state index contributed by atoms with van der Waals surface area (Å²) in [6, 6.07) is 12.4. The van der Waals surface area contributed by atoms with E-state index >= 15 is 0 Å². The molecule has 0 aliphatic heterocycles. The van der Waals surface area contributed by atoms with Gasteiger partial charge in [-0.15, -0.1) is 0 Å². The van der Waals surface area contributed by atoms with Crippen LogP contribution in [0.15, 0.2) is 48.1 Å². The van der Waals surface area contributed by atoms with Gasteiger partial charge in [-0.1, -0.05) is 0 Å². The monoisotopic (exact) mass is 597 g/mol. The van der Waals surface area contributed by atoms with Crippen molar-refractivity contribution in [2.75, 3.05) is 0 Å². The molecule has 3 heteroatoms. The first kappa shape index (κ1) is 29.8. The van der Waals surface area contributed by atoms with E-state index in [0.29, 0.717) is 3.63 Å². The van der Waals surface area contributed by atoms with Gasteiger partial charge in [0.15, 0.2) is 0 Å². The van der Waals surface area contributed by atoms with Gasteiger partial charge in [-0.25, -0.2) is 0 Å². The molecule has 36 heavy (non-hydrogen) atoms. The van der Waals surface area contributed by atoms with Crippen LogP contribution >= 0.6 is 0 Å². The van der Waals surface area contributed by atoms with Crippen molar-refractivity contribution in [3.63, 3.8) is 0 Å². The van der Waals surface area contributed by atoms with Crippen molar-refractivity contribution >= 4 is 8.78 Å². The zero-order valence-corrected chi connectivity index (χ0v) is 27.1. The second-order valence-electron chi connectivity index (χ2n) is 12.8. The minimum absolute atomic E-state index is 0. The average molecular weight is 600 g/mol. The number of fused-ring (bicyclic) bond motifs is 3. The van der Waals surface area contributed by atoms with E-state index < -0.39 is 22.8 Å². The van der Waals surface area contributed by atoms with E-state index in [9.17, 15) is 0 Å². The molecule has 0 nitrogen and oxygen atoms in total. The van der Waals surface area contributed by atoms with Crippen molar-refractivity contribution in [1.29, 1.82) is 0 Å². The van der Waals surface area contributed by atoms with Gasteiger partial charge in [0.2, 0.25) is 0 Å². The molecule has 5 rings (SSSR count). The second-order valence-corrected chi connectivity index (χ2v) is 16.6. The first-order valence-corrected chi connectivity index (χ1v) is 16.0. The summed E-state index contributed by atoms with van der Waals surface area (Å²) in [5.41, 5.74) is 14.5. The van der Waals surface area contributed by atoms with E-state index in [1.165, 1.54) is 54.4 Å². The van der Waals surface area contributed by atoms with Crippen molar-refractivity contribution in [2.45, 2.75) is 101 Å². The van der Waals surface area contributed by atoms with Gasteiger partial charge in [-0.2, -0.15) is 0 Å². The van der Waals surface area contributed by atoms with E-state index in [1.807, 2.05) is 3.21 Å². The van der Waals surface area contributed by atoms with Crippen LogP contribution in [0.5, 0.6) is 0 Å². The Morgan fingerprint density at radius 2 is 1.47 bits per heavy atom. The Morgan fingerprint density at radius 3 is 2.06 bits per heavy atom. The van der Waals surface area contributed by atoms with Crippen molar-refractivity contribution in [3.05, 3.63) is 75.9 Å². The maximum atomic E-state index is 2.61. The Labute approximate surface area is 243 Å². The van der Waals surface area contributed by atoms with Crippen molar-refractivity contribution in [3.8, 4) is 11.1 Å². The zero-order chi connectivity index (χ0) is 24.3. The number of benzene rings is 2. The molecule has 0 spiro atoms. The summed E-state index contributed by atoms with van der Waals surface area (Å²) >= 11 is -0.749. The topological polar surface area (TPSA) is 0 Å². The molecule has 1 unspecified atom stereocenters. The van der Waals surface area contributed by atoms with Gasteiger partial charge in [0, 0.05) is 0 Å². The van der Waals surface area contributed by atoms with Crippen LogP contribution in [0.25, 0.3) is 16.7 Å². The van der Waals surface area contributed by atoms with Crippen LogP contribution in [0.3, 0.4) is 0 Å². The van der Waals surface area contributed by atoms with Crippen LogP contribution in [0.2, 0.25) is 0 Å². The SMILES string of the molecule is CC1=C(c2c(C(C)(C)C)ccc3c2[CH]([Zr+2]=[C]2CCCCC2)c2cc(C(C)(C)C)ccc2-3)CC=C1.[Cl-].[Cl-]. The van der Waals surface area contributed by atoms with Crippen molar-refractivity contribution < 1.29 is 47.6 Å². The molecule has 0 radical (unpaired) electrons. The van der Waals surface area contributed by atoms with Gasteiger partial charge >= 0.3 is 220 Å². The van der Waals surface area contributed by atoms with Crippen molar-refractivity contribution in [1.82, 2.24) is 0 Å². The predicted octanol–water partition coefficient (Wildman–Crippen LogP) is 3.31. The normalized spacial score (nSPS) is 18.9. The molecule has 0 aromatic heterocycles. The fraction of sp³-hybridized carbons (Fsp3) is 0.485. The number of halogens is 2. The molecule has 3 aliphatic carbocycles. The maximum absolute atomic E-state index is 2.61. The van der Waals surface area contributed by atoms with Crippen LogP contribution in [-0.4, -0.2) is 3.21 Å². The molecule has 1 atom stereocenters. The number of hydrogen-bond donors (Lipinski definition) is 0.